The molecule has 0 fully saturated rings. The molecule has 32 heavy (non-hydrogen) atoms. The number of carbonyl (C=O) groups is 2. The molecule has 0 bridgehead atoms. The highest BCUT2D eigenvalue weighted by molar-refractivity contribution is 6.15. The standard InChI is InChI=1S/C27H18O5/c1-17-22(32-27(29)23-8-5-15-30-23)14-13-21-25(28)24(31-26(17)21)16-18-9-11-20(12-10-18)19-6-3-2-4-7-19/h2-16H,1H3/b24-16-. The first kappa shape index (κ1) is 19.6. The Morgan fingerprint density at radius 3 is 2.34 bits per heavy atom. The second kappa shape index (κ2) is 8.04. The molecule has 5 nitrogen and oxygen atoms in total. The van der Waals surface area contributed by atoms with Crippen molar-refractivity contribution in [1.29, 1.82) is 0 Å². The van der Waals surface area contributed by atoms with E-state index in [4.69, 9.17) is 13.9 Å². The summed E-state index contributed by atoms with van der Waals surface area (Å²) in [5, 5.41) is 0. The topological polar surface area (TPSA) is 65.7 Å². The number of hydrogen-bond acceptors (Lipinski definition) is 5. The van der Waals surface area contributed by atoms with Crippen LogP contribution in [-0.4, -0.2) is 11.8 Å². The number of ketones is 1. The molecule has 0 unspecified atom stereocenters. The SMILES string of the molecule is Cc1c(OC(=O)c2ccco2)ccc2c1O/C(=C\c1ccc(-c3ccccc3)cc1)C2=O. The van der Waals surface area contributed by atoms with Gasteiger partial charge >= 0.3 is 5.97 Å². The van der Waals surface area contributed by atoms with E-state index >= 15 is 0 Å². The predicted octanol–water partition coefficient (Wildman–Crippen LogP) is 6.09. The molecule has 1 aromatic heterocycles. The fraction of sp³-hybridized carbons (Fsp3) is 0.0370. The van der Waals surface area contributed by atoms with Gasteiger partial charge in [-0.2, -0.15) is 0 Å². The minimum absolute atomic E-state index is 0.0985. The number of Topliss-reactive ketones (excluding diaryl/α,β-unsaturated/α-hetero) is 1. The first-order valence-corrected chi connectivity index (χ1v) is 10.1. The molecule has 0 saturated carbocycles. The van der Waals surface area contributed by atoms with Gasteiger partial charge in [0.2, 0.25) is 11.5 Å². The molecule has 4 aromatic rings. The molecular formula is C27H18O5. The van der Waals surface area contributed by atoms with Crippen molar-refractivity contribution in [3.05, 3.63) is 113 Å². The zero-order valence-corrected chi connectivity index (χ0v) is 17.2. The number of carbonyl (C=O) groups excluding carboxylic acids is 2. The number of fused-ring (bicyclic) bond motifs is 1. The molecule has 0 atom stereocenters. The van der Waals surface area contributed by atoms with E-state index in [0.29, 0.717) is 22.6 Å². The van der Waals surface area contributed by atoms with Crippen molar-refractivity contribution in [2.45, 2.75) is 6.92 Å². The van der Waals surface area contributed by atoms with Crippen LogP contribution in [0.25, 0.3) is 17.2 Å². The third-order valence-corrected chi connectivity index (χ3v) is 5.28. The van der Waals surface area contributed by atoms with E-state index in [9.17, 15) is 9.59 Å². The van der Waals surface area contributed by atoms with E-state index in [-0.39, 0.29) is 17.3 Å². The molecule has 3 aromatic carbocycles. The van der Waals surface area contributed by atoms with Gasteiger partial charge in [0, 0.05) is 5.56 Å². The number of ether oxygens (including phenoxy) is 2. The lowest BCUT2D eigenvalue weighted by atomic mass is 10.0. The van der Waals surface area contributed by atoms with Crippen molar-refractivity contribution in [3.63, 3.8) is 0 Å². The Hall–Kier alpha value is -4.38. The van der Waals surface area contributed by atoms with Gasteiger partial charge in [-0.05, 0) is 54.0 Å². The number of rotatable bonds is 4. The smallest absolute Gasteiger partial charge is 0.379 e. The van der Waals surface area contributed by atoms with E-state index in [0.717, 1.165) is 16.7 Å². The number of furan rings is 1. The Balaban J connectivity index is 1.38. The molecule has 0 spiro atoms. The molecule has 5 heteroatoms. The summed E-state index contributed by atoms with van der Waals surface area (Å²) in [5.41, 5.74) is 4.07. The molecule has 1 aliphatic heterocycles. The average Bonchev–Trinajstić information content (AvgIpc) is 3.47. The number of esters is 1. The van der Waals surface area contributed by atoms with E-state index in [2.05, 4.69) is 0 Å². The molecule has 0 aliphatic carbocycles. The van der Waals surface area contributed by atoms with Crippen LogP contribution in [0.1, 0.15) is 32.0 Å². The van der Waals surface area contributed by atoms with Crippen LogP contribution >= 0.6 is 0 Å². The van der Waals surface area contributed by atoms with Gasteiger partial charge in [0.05, 0.1) is 11.8 Å². The second-order valence-electron chi connectivity index (χ2n) is 7.36. The molecule has 2 heterocycles. The first-order valence-electron chi connectivity index (χ1n) is 10.1. The van der Waals surface area contributed by atoms with Gasteiger partial charge < -0.3 is 13.9 Å². The Morgan fingerprint density at radius 1 is 0.875 bits per heavy atom. The first-order chi connectivity index (χ1) is 15.6. The summed E-state index contributed by atoms with van der Waals surface area (Å²) in [7, 11) is 0. The summed E-state index contributed by atoms with van der Waals surface area (Å²) >= 11 is 0. The summed E-state index contributed by atoms with van der Waals surface area (Å²) in [5.74, 6) is 0.209. The Labute approximate surface area is 184 Å². The highest BCUT2D eigenvalue weighted by Crippen LogP contribution is 2.39. The third kappa shape index (κ3) is 3.61. The highest BCUT2D eigenvalue weighted by atomic mass is 16.5. The van der Waals surface area contributed by atoms with Crippen molar-refractivity contribution < 1.29 is 23.5 Å². The van der Waals surface area contributed by atoms with Gasteiger partial charge in [0.25, 0.3) is 0 Å². The van der Waals surface area contributed by atoms with Gasteiger partial charge in [-0.15, -0.1) is 0 Å². The zero-order valence-electron chi connectivity index (χ0n) is 17.2. The lowest BCUT2D eigenvalue weighted by Crippen LogP contribution is -2.08. The van der Waals surface area contributed by atoms with Gasteiger partial charge in [-0.25, -0.2) is 4.79 Å². The van der Waals surface area contributed by atoms with Crippen LogP contribution in [0.2, 0.25) is 0 Å². The number of allylic oxidation sites excluding steroid dienone is 1. The number of hydrogen-bond donors (Lipinski definition) is 0. The van der Waals surface area contributed by atoms with Crippen LogP contribution in [0.3, 0.4) is 0 Å². The van der Waals surface area contributed by atoms with E-state index in [1.54, 1.807) is 31.2 Å². The molecular weight excluding hydrogens is 404 g/mol. The van der Waals surface area contributed by atoms with Crippen LogP contribution in [0, 0.1) is 6.92 Å². The molecule has 0 amide bonds. The van der Waals surface area contributed by atoms with E-state index in [1.807, 2.05) is 54.6 Å². The molecule has 156 valence electrons. The minimum Gasteiger partial charge on any atom is -0.457 e. The van der Waals surface area contributed by atoms with Gasteiger partial charge in [0.15, 0.2) is 5.76 Å². The second-order valence-corrected chi connectivity index (χ2v) is 7.36. The fourth-order valence-electron chi connectivity index (χ4n) is 3.58. The lowest BCUT2D eigenvalue weighted by molar-refractivity contribution is 0.0700. The van der Waals surface area contributed by atoms with Gasteiger partial charge in [0.1, 0.15) is 11.5 Å². The predicted molar refractivity (Wildman–Crippen MR) is 120 cm³/mol. The summed E-state index contributed by atoms with van der Waals surface area (Å²) in [4.78, 5) is 25.0. The maximum atomic E-state index is 12.8. The minimum atomic E-state index is -0.614. The van der Waals surface area contributed by atoms with Gasteiger partial charge in [-0.1, -0.05) is 54.6 Å². The molecule has 1 aliphatic rings. The fourth-order valence-corrected chi connectivity index (χ4v) is 3.58. The van der Waals surface area contributed by atoms with Crippen molar-refractivity contribution >= 4 is 17.8 Å². The van der Waals surface area contributed by atoms with Crippen molar-refractivity contribution in [3.8, 4) is 22.6 Å². The Morgan fingerprint density at radius 2 is 1.62 bits per heavy atom. The largest absolute Gasteiger partial charge is 0.457 e. The Kier molecular flexibility index (Phi) is 4.92. The lowest BCUT2D eigenvalue weighted by Gasteiger charge is -2.09. The third-order valence-electron chi connectivity index (χ3n) is 5.28. The average molecular weight is 422 g/mol. The Bertz CT molecular complexity index is 1330. The maximum absolute atomic E-state index is 12.8. The summed E-state index contributed by atoms with van der Waals surface area (Å²) in [6.45, 7) is 1.74. The maximum Gasteiger partial charge on any atom is 0.379 e. The summed E-state index contributed by atoms with van der Waals surface area (Å²) in [6, 6.07) is 24.3. The van der Waals surface area contributed by atoms with Gasteiger partial charge in [-0.3, -0.25) is 4.79 Å². The van der Waals surface area contributed by atoms with Crippen LogP contribution in [0.4, 0.5) is 0 Å². The van der Waals surface area contributed by atoms with Crippen molar-refractivity contribution in [2.24, 2.45) is 0 Å². The van der Waals surface area contributed by atoms with Crippen LogP contribution in [0.15, 0.2) is 95.3 Å². The van der Waals surface area contributed by atoms with Crippen LogP contribution in [-0.2, 0) is 0 Å². The van der Waals surface area contributed by atoms with Crippen molar-refractivity contribution in [1.82, 2.24) is 0 Å². The van der Waals surface area contributed by atoms with E-state index in [1.165, 1.54) is 12.3 Å². The number of benzene rings is 3. The monoisotopic (exact) mass is 422 g/mol. The summed E-state index contributed by atoms with van der Waals surface area (Å²) in [6.07, 6.45) is 3.11. The quantitative estimate of drug-likeness (QED) is 0.226. The molecule has 0 N–H and O–H groups in total. The molecule has 0 radical (unpaired) electrons. The van der Waals surface area contributed by atoms with Crippen LogP contribution < -0.4 is 9.47 Å². The zero-order chi connectivity index (χ0) is 22.1. The summed E-state index contributed by atoms with van der Waals surface area (Å²) < 4.78 is 16.4. The van der Waals surface area contributed by atoms with E-state index < -0.39 is 5.97 Å². The van der Waals surface area contributed by atoms with Crippen LogP contribution in [0.5, 0.6) is 11.5 Å². The molecule has 0 saturated heterocycles. The normalized spacial score (nSPS) is 13.7. The molecule has 5 rings (SSSR count). The van der Waals surface area contributed by atoms with Crippen molar-refractivity contribution in [2.75, 3.05) is 0 Å². The highest BCUT2D eigenvalue weighted by Gasteiger charge is 2.30.